The van der Waals surface area contributed by atoms with Crippen LogP contribution in [0.1, 0.15) is 36.9 Å². The van der Waals surface area contributed by atoms with E-state index in [9.17, 15) is 9.50 Å². The highest BCUT2D eigenvalue weighted by Crippen LogP contribution is 2.23. The number of anilines is 1. The summed E-state index contributed by atoms with van der Waals surface area (Å²) >= 11 is 0. The Morgan fingerprint density at radius 3 is 2.15 bits per heavy atom. The van der Waals surface area contributed by atoms with Crippen molar-refractivity contribution in [2.45, 2.75) is 25.8 Å². The average Bonchev–Trinajstić information content (AvgIpc) is 2.46. The lowest BCUT2D eigenvalue weighted by Crippen LogP contribution is -2.15. The number of benzene rings is 2. The second kappa shape index (κ2) is 6.53. The number of aliphatic hydroxyl groups excluding tert-OH is 1. The minimum absolute atomic E-state index is 0.0879. The zero-order chi connectivity index (χ0) is 14.5. The smallest absolute Gasteiger partial charge is 0.146 e. The largest absolute Gasteiger partial charge is 0.394 e. The fourth-order valence-electron chi connectivity index (χ4n) is 2.11. The molecule has 0 aromatic heterocycles. The summed E-state index contributed by atoms with van der Waals surface area (Å²) in [7, 11) is 0. The number of nitrogens with one attached hydrogen (secondary N) is 1. The molecule has 0 spiro atoms. The lowest BCUT2D eigenvalue weighted by molar-refractivity contribution is 0.276. The number of aliphatic hydroxyl groups is 1. The maximum Gasteiger partial charge on any atom is 0.146 e. The molecule has 106 valence electrons. The first kappa shape index (κ1) is 14.5. The van der Waals surface area contributed by atoms with Gasteiger partial charge in [-0.2, -0.15) is 0 Å². The van der Waals surface area contributed by atoms with Crippen molar-refractivity contribution in [3.05, 3.63) is 65.5 Å². The molecule has 0 aliphatic rings. The summed E-state index contributed by atoms with van der Waals surface area (Å²) in [6.07, 6.45) is 0. The van der Waals surface area contributed by atoms with Crippen LogP contribution in [0.5, 0.6) is 0 Å². The van der Waals surface area contributed by atoms with Gasteiger partial charge in [-0.25, -0.2) is 4.39 Å². The van der Waals surface area contributed by atoms with Gasteiger partial charge in [0.05, 0.1) is 18.3 Å². The van der Waals surface area contributed by atoms with E-state index in [0.29, 0.717) is 11.6 Å². The van der Waals surface area contributed by atoms with E-state index < -0.39 is 0 Å². The second-order valence-electron chi connectivity index (χ2n) is 5.18. The van der Waals surface area contributed by atoms with E-state index in [1.807, 2.05) is 24.3 Å². The molecule has 2 aromatic rings. The first-order valence-corrected chi connectivity index (χ1v) is 6.83. The third-order valence-electron chi connectivity index (χ3n) is 3.39. The van der Waals surface area contributed by atoms with Gasteiger partial charge in [-0.1, -0.05) is 50.2 Å². The van der Waals surface area contributed by atoms with Gasteiger partial charge in [0.2, 0.25) is 0 Å². The lowest BCUT2D eigenvalue weighted by atomic mass is 9.99. The quantitative estimate of drug-likeness (QED) is 0.859. The van der Waals surface area contributed by atoms with Crippen molar-refractivity contribution < 1.29 is 9.50 Å². The van der Waals surface area contributed by atoms with Crippen molar-refractivity contribution >= 4 is 5.69 Å². The first-order valence-electron chi connectivity index (χ1n) is 6.83. The van der Waals surface area contributed by atoms with E-state index in [0.717, 1.165) is 5.56 Å². The summed E-state index contributed by atoms with van der Waals surface area (Å²) in [5.74, 6) is 0.154. The molecule has 2 aromatic carbocycles. The molecule has 3 heteroatoms. The highest BCUT2D eigenvalue weighted by Gasteiger charge is 2.12. The Morgan fingerprint density at radius 2 is 1.60 bits per heavy atom. The Bertz CT molecular complexity index is 551. The van der Waals surface area contributed by atoms with Gasteiger partial charge in [-0.3, -0.25) is 0 Å². The van der Waals surface area contributed by atoms with E-state index in [1.54, 1.807) is 18.2 Å². The van der Waals surface area contributed by atoms with Crippen LogP contribution in [-0.4, -0.2) is 11.7 Å². The van der Waals surface area contributed by atoms with E-state index in [-0.39, 0.29) is 18.5 Å². The molecular formula is C17H20FNO. The Morgan fingerprint density at radius 1 is 1.00 bits per heavy atom. The molecule has 2 nitrogen and oxygen atoms in total. The van der Waals surface area contributed by atoms with Crippen molar-refractivity contribution in [2.75, 3.05) is 11.9 Å². The number of halogens is 1. The average molecular weight is 273 g/mol. The van der Waals surface area contributed by atoms with Crippen LogP contribution in [0.2, 0.25) is 0 Å². The van der Waals surface area contributed by atoms with E-state index in [4.69, 9.17) is 0 Å². The zero-order valence-corrected chi connectivity index (χ0v) is 11.8. The van der Waals surface area contributed by atoms with Crippen molar-refractivity contribution in [1.82, 2.24) is 0 Å². The number of hydrogen-bond donors (Lipinski definition) is 2. The van der Waals surface area contributed by atoms with Gasteiger partial charge in [0.1, 0.15) is 5.82 Å². The summed E-state index contributed by atoms with van der Waals surface area (Å²) in [6.45, 7) is 4.18. The van der Waals surface area contributed by atoms with Gasteiger partial charge >= 0.3 is 0 Å². The van der Waals surface area contributed by atoms with Crippen LogP contribution < -0.4 is 5.32 Å². The maximum absolute atomic E-state index is 13.6. The SMILES string of the molecule is CC(C)c1ccc(C(CO)Nc2ccccc2F)cc1. The Kier molecular flexibility index (Phi) is 4.74. The van der Waals surface area contributed by atoms with E-state index >= 15 is 0 Å². The van der Waals surface area contributed by atoms with Crippen LogP contribution in [0.25, 0.3) is 0 Å². The molecule has 0 saturated carbocycles. The highest BCUT2D eigenvalue weighted by atomic mass is 19.1. The standard InChI is InChI=1S/C17H20FNO/c1-12(2)13-7-9-14(10-8-13)17(11-20)19-16-6-4-3-5-15(16)18/h3-10,12,17,19-20H,11H2,1-2H3. The van der Waals surface area contributed by atoms with Crippen molar-refractivity contribution in [3.63, 3.8) is 0 Å². The third kappa shape index (κ3) is 3.36. The Balaban J connectivity index is 2.18. The van der Waals surface area contributed by atoms with Crippen LogP contribution >= 0.6 is 0 Å². The van der Waals surface area contributed by atoms with E-state index in [1.165, 1.54) is 11.6 Å². The second-order valence-corrected chi connectivity index (χ2v) is 5.18. The third-order valence-corrected chi connectivity index (χ3v) is 3.39. The van der Waals surface area contributed by atoms with Crippen LogP contribution in [0.4, 0.5) is 10.1 Å². The fourth-order valence-corrected chi connectivity index (χ4v) is 2.11. The predicted molar refractivity (Wildman–Crippen MR) is 80.4 cm³/mol. The molecule has 0 bridgehead atoms. The normalized spacial score (nSPS) is 12.4. The van der Waals surface area contributed by atoms with Gasteiger partial charge in [-0.05, 0) is 29.2 Å². The van der Waals surface area contributed by atoms with Gasteiger partial charge < -0.3 is 10.4 Å². The molecule has 2 N–H and O–H groups in total. The predicted octanol–water partition coefficient (Wildman–Crippen LogP) is 4.09. The molecule has 0 amide bonds. The fraction of sp³-hybridized carbons (Fsp3) is 0.294. The molecule has 0 radical (unpaired) electrons. The topological polar surface area (TPSA) is 32.3 Å². The molecule has 1 unspecified atom stereocenters. The van der Waals surface area contributed by atoms with Gasteiger partial charge in [0.25, 0.3) is 0 Å². The van der Waals surface area contributed by atoms with Crippen LogP contribution in [0, 0.1) is 5.82 Å². The van der Waals surface area contributed by atoms with Crippen LogP contribution in [0.15, 0.2) is 48.5 Å². The molecule has 0 aliphatic carbocycles. The minimum atomic E-state index is -0.315. The number of hydrogen-bond acceptors (Lipinski definition) is 2. The zero-order valence-electron chi connectivity index (χ0n) is 11.8. The van der Waals surface area contributed by atoms with Crippen LogP contribution in [-0.2, 0) is 0 Å². The molecule has 20 heavy (non-hydrogen) atoms. The van der Waals surface area contributed by atoms with Crippen LogP contribution in [0.3, 0.4) is 0 Å². The maximum atomic E-state index is 13.6. The number of para-hydroxylation sites is 1. The molecule has 2 rings (SSSR count). The summed E-state index contributed by atoms with van der Waals surface area (Å²) in [5, 5.41) is 12.6. The molecule has 0 fully saturated rings. The highest BCUT2D eigenvalue weighted by molar-refractivity contribution is 5.47. The summed E-state index contributed by atoms with van der Waals surface area (Å²) in [6, 6.07) is 14.2. The lowest BCUT2D eigenvalue weighted by Gasteiger charge is -2.19. The van der Waals surface area contributed by atoms with Gasteiger partial charge in [0, 0.05) is 0 Å². The van der Waals surface area contributed by atoms with Crippen molar-refractivity contribution in [2.24, 2.45) is 0 Å². The Hall–Kier alpha value is -1.87. The molecule has 0 saturated heterocycles. The first-order chi connectivity index (χ1) is 9.61. The van der Waals surface area contributed by atoms with Gasteiger partial charge in [0.15, 0.2) is 0 Å². The molecule has 1 atom stereocenters. The van der Waals surface area contributed by atoms with Gasteiger partial charge in [-0.15, -0.1) is 0 Å². The molecular weight excluding hydrogens is 253 g/mol. The molecule has 0 heterocycles. The Labute approximate surface area is 119 Å². The molecule has 0 aliphatic heterocycles. The summed E-state index contributed by atoms with van der Waals surface area (Å²) < 4.78 is 13.6. The van der Waals surface area contributed by atoms with Crippen molar-refractivity contribution in [3.8, 4) is 0 Å². The summed E-state index contributed by atoms with van der Waals surface area (Å²) in [5.41, 5.74) is 2.59. The minimum Gasteiger partial charge on any atom is -0.394 e. The van der Waals surface area contributed by atoms with Crippen molar-refractivity contribution in [1.29, 1.82) is 0 Å². The number of rotatable bonds is 5. The summed E-state index contributed by atoms with van der Waals surface area (Å²) in [4.78, 5) is 0. The monoisotopic (exact) mass is 273 g/mol. The van der Waals surface area contributed by atoms with E-state index in [2.05, 4.69) is 19.2 Å².